The molecule has 4 heteroatoms. The first-order chi connectivity index (χ1) is 9.17. The fraction of sp³-hybridized carbons (Fsp3) is 0.400. The number of rotatable bonds is 6. The summed E-state index contributed by atoms with van der Waals surface area (Å²) in [4.78, 5) is 6.31. The molecule has 1 N–H and O–H groups in total. The summed E-state index contributed by atoms with van der Waals surface area (Å²) in [6.45, 7) is 5.27. The number of hydrogen-bond donors (Lipinski definition) is 1. The van der Waals surface area contributed by atoms with Crippen molar-refractivity contribution < 1.29 is 4.39 Å². The summed E-state index contributed by atoms with van der Waals surface area (Å²) in [6, 6.07) is 6.47. The summed E-state index contributed by atoms with van der Waals surface area (Å²) < 4.78 is 12.8. The predicted molar refractivity (Wildman–Crippen MR) is 78.7 cm³/mol. The molecule has 0 saturated carbocycles. The van der Waals surface area contributed by atoms with E-state index >= 15 is 0 Å². The van der Waals surface area contributed by atoms with Crippen LogP contribution in [0.5, 0.6) is 0 Å². The predicted octanol–water partition coefficient (Wildman–Crippen LogP) is 2.80. The molecule has 19 heavy (non-hydrogen) atoms. The van der Waals surface area contributed by atoms with Crippen molar-refractivity contribution >= 4 is 5.96 Å². The van der Waals surface area contributed by atoms with Crippen LogP contribution >= 0.6 is 0 Å². The number of halogens is 1. The summed E-state index contributed by atoms with van der Waals surface area (Å²) in [5.74, 6) is 0.628. The van der Waals surface area contributed by atoms with Gasteiger partial charge in [0.2, 0.25) is 0 Å². The second-order valence-electron chi connectivity index (χ2n) is 4.38. The largest absolute Gasteiger partial charge is 0.352 e. The number of unbranched alkanes of at least 4 members (excludes halogenated alkanes) is 1. The Morgan fingerprint density at radius 1 is 1.42 bits per heavy atom. The van der Waals surface area contributed by atoms with E-state index in [0.29, 0.717) is 6.54 Å². The van der Waals surface area contributed by atoms with E-state index in [1.165, 1.54) is 12.1 Å². The highest BCUT2D eigenvalue weighted by Crippen LogP contribution is 2.02. The number of nitrogens with zero attached hydrogens (tertiary/aromatic N) is 2. The van der Waals surface area contributed by atoms with Crippen LogP contribution in [0.3, 0.4) is 0 Å². The molecular formula is C15H22FN3. The van der Waals surface area contributed by atoms with E-state index in [0.717, 1.165) is 30.9 Å². The topological polar surface area (TPSA) is 27.6 Å². The lowest BCUT2D eigenvalue weighted by molar-refractivity contribution is 0.470. The lowest BCUT2D eigenvalue weighted by Crippen LogP contribution is -2.38. The zero-order chi connectivity index (χ0) is 14.1. The molecule has 1 aromatic carbocycles. The molecule has 0 aliphatic heterocycles. The minimum Gasteiger partial charge on any atom is -0.352 e. The van der Waals surface area contributed by atoms with Crippen LogP contribution in [0.4, 0.5) is 4.39 Å². The second kappa shape index (κ2) is 8.29. The Morgan fingerprint density at radius 2 is 2.11 bits per heavy atom. The van der Waals surface area contributed by atoms with Crippen LogP contribution in [0.1, 0.15) is 18.4 Å². The normalized spacial score (nSPS) is 11.2. The average Bonchev–Trinajstić information content (AvgIpc) is 2.42. The SMILES string of the molecule is C=CCCCN(C)C(=NC)NCc1ccc(F)cc1. The first kappa shape index (κ1) is 15.2. The maximum absolute atomic E-state index is 12.8. The van der Waals surface area contributed by atoms with E-state index in [1.54, 1.807) is 19.2 Å². The van der Waals surface area contributed by atoms with Crippen LogP contribution in [0.25, 0.3) is 0 Å². The van der Waals surface area contributed by atoms with Gasteiger partial charge >= 0.3 is 0 Å². The van der Waals surface area contributed by atoms with Crippen molar-refractivity contribution in [1.29, 1.82) is 0 Å². The van der Waals surface area contributed by atoms with Gasteiger partial charge < -0.3 is 10.2 Å². The Balaban J connectivity index is 2.44. The van der Waals surface area contributed by atoms with Crippen molar-refractivity contribution in [3.63, 3.8) is 0 Å². The second-order valence-corrected chi connectivity index (χ2v) is 4.38. The van der Waals surface area contributed by atoms with Gasteiger partial charge in [-0.1, -0.05) is 18.2 Å². The van der Waals surface area contributed by atoms with E-state index in [1.807, 2.05) is 13.1 Å². The lowest BCUT2D eigenvalue weighted by Gasteiger charge is -2.21. The molecule has 0 aromatic heterocycles. The third kappa shape index (κ3) is 5.55. The minimum absolute atomic E-state index is 0.213. The number of hydrogen-bond acceptors (Lipinski definition) is 1. The van der Waals surface area contributed by atoms with Gasteiger partial charge in [-0.05, 0) is 30.5 Å². The van der Waals surface area contributed by atoms with Gasteiger partial charge in [0.25, 0.3) is 0 Å². The van der Waals surface area contributed by atoms with Crippen LogP contribution < -0.4 is 5.32 Å². The van der Waals surface area contributed by atoms with E-state index in [4.69, 9.17) is 0 Å². The van der Waals surface area contributed by atoms with Crippen molar-refractivity contribution in [3.05, 3.63) is 48.3 Å². The fourth-order valence-electron chi connectivity index (χ4n) is 1.75. The van der Waals surface area contributed by atoms with E-state index in [2.05, 4.69) is 21.8 Å². The van der Waals surface area contributed by atoms with Gasteiger partial charge in [-0.15, -0.1) is 6.58 Å². The fourth-order valence-corrected chi connectivity index (χ4v) is 1.75. The van der Waals surface area contributed by atoms with Crippen molar-refractivity contribution in [1.82, 2.24) is 10.2 Å². The molecule has 104 valence electrons. The molecule has 0 unspecified atom stereocenters. The van der Waals surface area contributed by atoms with Gasteiger partial charge in [0.15, 0.2) is 5.96 Å². The molecule has 0 heterocycles. The summed E-state index contributed by atoms with van der Waals surface area (Å²) in [6.07, 6.45) is 3.97. The molecule has 1 aromatic rings. The molecule has 0 fully saturated rings. The zero-order valence-corrected chi connectivity index (χ0v) is 11.7. The van der Waals surface area contributed by atoms with E-state index < -0.39 is 0 Å². The Labute approximate surface area is 114 Å². The molecule has 0 bridgehead atoms. The Hall–Kier alpha value is -1.84. The summed E-state index contributed by atoms with van der Waals surface area (Å²) in [5.41, 5.74) is 1.03. The molecule has 0 aliphatic carbocycles. The highest BCUT2D eigenvalue weighted by Gasteiger charge is 2.04. The first-order valence-electron chi connectivity index (χ1n) is 6.44. The van der Waals surface area contributed by atoms with Crippen molar-refractivity contribution in [2.45, 2.75) is 19.4 Å². The number of guanidine groups is 1. The number of allylic oxidation sites excluding steroid dienone is 1. The van der Waals surface area contributed by atoms with Crippen molar-refractivity contribution in [2.24, 2.45) is 4.99 Å². The molecule has 1 rings (SSSR count). The molecule has 0 radical (unpaired) electrons. The molecule has 0 amide bonds. The third-order valence-electron chi connectivity index (χ3n) is 2.84. The third-order valence-corrected chi connectivity index (χ3v) is 2.84. The average molecular weight is 263 g/mol. The summed E-state index contributed by atoms with van der Waals surface area (Å²) in [7, 11) is 3.76. The zero-order valence-electron chi connectivity index (χ0n) is 11.7. The summed E-state index contributed by atoms with van der Waals surface area (Å²) in [5, 5.41) is 3.26. The maximum Gasteiger partial charge on any atom is 0.193 e. The maximum atomic E-state index is 12.8. The van der Waals surface area contributed by atoms with Gasteiger partial charge in [0.1, 0.15) is 5.82 Å². The van der Waals surface area contributed by atoms with E-state index in [-0.39, 0.29) is 5.82 Å². The standard InChI is InChI=1S/C15H22FN3/c1-4-5-6-11-19(3)15(17-2)18-12-13-7-9-14(16)10-8-13/h4,7-10H,1,5-6,11-12H2,2-3H3,(H,17,18). The molecule has 0 aliphatic rings. The smallest absolute Gasteiger partial charge is 0.193 e. The molecule has 0 spiro atoms. The van der Waals surface area contributed by atoms with E-state index in [9.17, 15) is 4.39 Å². The lowest BCUT2D eigenvalue weighted by atomic mass is 10.2. The molecule has 0 saturated heterocycles. The quantitative estimate of drug-likeness (QED) is 0.370. The van der Waals surface area contributed by atoms with Crippen molar-refractivity contribution in [2.75, 3.05) is 20.6 Å². The molecular weight excluding hydrogens is 241 g/mol. The Kier molecular flexibility index (Phi) is 6.64. The van der Waals surface area contributed by atoms with Crippen LogP contribution in [0.15, 0.2) is 41.9 Å². The molecule has 0 atom stereocenters. The van der Waals surface area contributed by atoms with Crippen LogP contribution in [0.2, 0.25) is 0 Å². The van der Waals surface area contributed by atoms with Gasteiger partial charge in [-0.3, -0.25) is 4.99 Å². The van der Waals surface area contributed by atoms with Crippen LogP contribution in [-0.4, -0.2) is 31.5 Å². The first-order valence-corrected chi connectivity index (χ1v) is 6.44. The van der Waals surface area contributed by atoms with Crippen molar-refractivity contribution in [3.8, 4) is 0 Å². The van der Waals surface area contributed by atoms with Gasteiger partial charge in [-0.25, -0.2) is 4.39 Å². The Bertz CT molecular complexity index is 412. The number of aliphatic imine (C=N–C) groups is 1. The van der Waals surface area contributed by atoms with Gasteiger partial charge in [0.05, 0.1) is 0 Å². The number of benzene rings is 1. The van der Waals surface area contributed by atoms with Gasteiger partial charge in [-0.2, -0.15) is 0 Å². The highest BCUT2D eigenvalue weighted by molar-refractivity contribution is 5.79. The Morgan fingerprint density at radius 3 is 2.68 bits per heavy atom. The monoisotopic (exact) mass is 263 g/mol. The van der Waals surface area contributed by atoms with Crippen LogP contribution in [0, 0.1) is 5.82 Å². The van der Waals surface area contributed by atoms with Crippen LogP contribution in [-0.2, 0) is 6.54 Å². The molecule has 3 nitrogen and oxygen atoms in total. The summed E-state index contributed by atoms with van der Waals surface area (Å²) >= 11 is 0. The minimum atomic E-state index is -0.213. The highest BCUT2D eigenvalue weighted by atomic mass is 19.1. The van der Waals surface area contributed by atoms with Gasteiger partial charge in [0, 0.05) is 27.2 Å². The number of nitrogens with one attached hydrogen (secondary N) is 1.